The molecule has 0 aliphatic carbocycles. The number of hydrogen-bond acceptors (Lipinski definition) is 4. The Balaban J connectivity index is 2.42. The predicted octanol–water partition coefficient (Wildman–Crippen LogP) is 1.79. The molecule has 2 rings (SSSR count). The zero-order chi connectivity index (χ0) is 13.3. The number of carboxylic acids is 1. The minimum absolute atomic E-state index is 0.116. The van der Waals surface area contributed by atoms with Gasteiger partial charge in [0.1, 0.15) is 12.4 Å². The van der Waals surface area contributed by atoms with Gasteiger partial charge in [0.25, 0.3) is 0 Å². The quantitative estimate of drug-likeness (QED) is 0.658. The molecule has 1 N–H and O–H groups in total. The molecule has 7 heteroatoms. The van der Waals surface area contributed by atoms with Crippen molar-refractivity contribution in [3.63, 3.8) is 0 Å². The van der Waals surface area contributed by atoms with Crippen LogP contribution in [0.4, 0.5) is 5.69 Å². The van der Waals surface area contributed by atoms with Crippen LogP contribution in [-0.4, -0.2) is 25.8 Å². The fourth-order valence-electron chi connectivity index (χ4n) is 1.58. The highest BCUT2D eigenvalue weighted by Gasteiger charge is 2.12. The zero-order valence-corrected chi connectivity index (χ0v) is 9.40. The second kappa shape index (κ2) is 4.28. The molecule has 0 saturated heterocycles. The van der Waals surface area contributed by atoms with Gasteiger partial charge in [0.05, 0.1) is 16.2 Å². The number of carboxylic acid groups (broad SMARTS) is 1. The number of nitrogens with zero attached hydrogens (tertiary/aromatic N) is 3. The fraction of sp³-hybridized carbons (Fsp3) is 0.0909. The number of benzene rings is 1. The van der Waals surface area contributed by atoms with Crippen molar-refractivity contribution in [2.75, 3.05) is 0 Å². The molecule has 92 valence electrons. The summed E-state index contributed by atoms with van der Waals surface area (Å²) in [4.78, 5) is 20.8. The molecule has 0 unspecified atom stereocenters. The van der Waals surface area contributed by atoms with E-state index in [1.165, 1.54) is 16.9 Å². The first-order chi connectivity index (χ1) is 8.49. The van der Waals surface area contributed by atoms with Gasteiger partial charge >= 0.3 is 11.7 Å². The highest BCUT2D eigenvalue weighted by atomic mass is 16.6. The Labute approximate surface area is 101 Å². The van der Waals surface area contributed by atoms with E-state index >= 15 is 0 Å². The molecule has 0 aliphatic heterocycles. The maximum absolute atomic E-state index is 10.9. The van der Waals surface area contributed by atoms with Gasteiger partial charge in [0.2, 0.25) is 0 Å². The van der Waals surface area contributed by atoms with Gasteiger partial charge in [-0.05, 0) is 30.7 Å². The lowest BCUT2D eigenvalue weighted by molar-refractivity contribution is -0.384. The summed E-state index contributed by atoms with van der Waals surface area (Å²) in [6.45, 7) is 1.66. The third-order valence-corrected chi connectivity index (χ3v) is 2.48. The summed E-state index contributed by atoms with van der Waals surface area (Å²) in [7, 11) is 0. The van der Waals surface area contributed by atoms with Gasteiger partial charge in [0.15, 0.2) is 0 Å². The SMILES string of the molecule is Cc1cc(-n2cc([N+](=O)[O-])cn2)ccc1C(=O)O. The Kier molecular flexibility index (Phi) is 2.80. The van der Waals surface area contributed by atoms with Gasteiger partial charge in [-0.1, -0.05) is 0 Å². The van der Waals surface area contributed by atoms with Crippen LogP contribution < -0.4 is 0 Å². The third-order valence-electron chi connectivity index (χ3n) is 2.48. The molecule has 0 radical (unpaired) electrons. The van der Waals surface area contributed by atoms with Crippen molar-refractivity contribution < 1.29 is 14.8 Å². The first kappa shape index (κ1) is 11.8. The Bertz CT molecular complexity index is 633. The van der Waals surface area contributed by atoms with Crippen LogP contribution in [0, 0.1) is 17.0 Å². The van der Waals surface area contributed by atoms with Gasteiger partial charge in [-0.15, -0.1) is 0 Å². The summed E-state index contributed by atoms with van der Waals surface area (Å²) in [5, 5.41) is 23.3. The molecule has 7 nitrogen and oxygen atoms in total. The number of nitro groups is 1. The standard InChI is InChI=1S/C11H9N3O4/c1-7-4-8(2-3-10(7)11(15)16)13-6-9(5-12-13)14(17)18/h2-6H,1H3,(H,15,16). The lowest BCUT2D eigenvalue weighted by atomic mass is 10.1. The minimum atomic E-state index is -1.01. The fourth-order valence-corrected chi connectivity index (χ4v) is 1.58. The average Bonchev–Trinajstić information content (AvgIpc) is 2.77. The number of aromatic nitrogens is 2. The molecule has 0 saturated carbocycles. The van der Waals surface area contributed by atoms with Gasteiger partial charge in [-0.2, -0.15) is 5.10 Å². The molecule has 1 aromatic carbocycles. The maximum atomic E-state index is 10.9. The topological polar surface area (TPSA) is 98.3 Å². The largest absolute Gasteiger partial charge is 0.478 e. The molecule has 0 spiro atoms. The molecular formula is C11H9N3O4. The van der Waals surface area contributed by atoms with E-state index in [1.807, 2.05) is 0 Å². The molecule has 0 fully saturated rings. The normalized spacial score (nSPS) is 10.3. The number of rotatable bonds is 3. The van der Waals surface area contributed by atoms with Crippen LogP contribution in [0.15, 0.2) is 30.6 Å². The van der Waals surface area contributed by atoms with Crippen LogP contribution in [0.2, 0.25) is 0 Å². The molecule has 2 aromatic rings. The van der Waals surface area contributed by atoms with Crippen molar-refractivity contribution in [3.8, 4) is 5.69 Å². The second-order valence-corrected chi connectivity index (χ2v) is 3.70. The van der Waals surface area contributed by atoms with E-state index in [4.69, 9.17) is 5.11 Å². The van der Waals surface area contributed by atoms with Crippen molar-refractivity contribution in [3.05, 3.63) is 51.8 Å². The minimum Gasteiger partial charge on any atom is -0.478 e. The molecule has 18 heavy (non-hydrogen) atoms. The molecule has 0 aliphatic rings. The van der Waals surface area contributed by atoms with E-state index in [2.05, 4.69) is 5.10 Å². The smallest absolute Gasteiger partial charge is 0.335 e. The molecule has 0 bridgehead atoms. The van der Waals surface area contributed by atoms with Crippen molar-refractivity contribution in [1.82, 2.24) is 9.78 Å². The zero-order valence-electron chi connectivity index (χ0n) is 9.40. The Morgan fingerprint density at radius 2 is 2.22 bits per heavy atom. The Morgan fingerprint density at radius 3 is 2.72 bits per heavy atom. The van der Waals surface area contributed by atoms with Gasteiger partial charge in [-0.3, -0.25) is 10.1 Å². The second-order valence-electron chi connectivity index (χ2n) is 3.70. The summed E-state index contributed by atoms with van der Waals surface area (Å²) in [6.07, 6.45) is 2.41. The Hall–Kier alpha value is -2.70. The van der Waals surface area contributed by atoms with Crippen LogP contribution in [0.25, 0.3) is 5.69 Å². The van der Waals surface area contributed by atoms with Crippen LogP contribution in [0.5, 0.6) is 0 Å². The summed E-state index contributed by atoms with van der Waals surface area (Å²) >= 11 is 0. The summed E-state index contributed by atoms with van der Waals surface area (Å²) in [5.41, 5.74) is 1.22. The van der Waals surface area contributed by atoms with Crippen molar-refractivity contribution in [1.29, 1.82) is 0 Å². The highest BCUT2D eigenvalue weighted by molar-refractivity contribution is 5.89. The lowest BCUT2D eigenvalue weighted by Gasteiger charge is -2.04. The lowest BCUT2D eigenvalue weighted by Crippen LogP contribution is -2.02. The van der Waals surface area contributed by atoms with Crippen LogP contribution in [0.1, 0.15) is 15.9 Å². The van der Waals surface area contributed by atoms with Gasteiger partial charge < -0.3 is 5.11 Å². The number of hydrogen-bond donors (Lipinski definition) is 1. The Morgan fingerprint density at radius 1 is 1.50 bits per heavy atom. The van der Waals surface area contributed by atoms with E-state index in [-0.39, 0.29) is 11.3 Å². The first-order valence-electron chi connectivity index (χ1n) is 5.02. The van der Waals surface area contributed by atoms with Gasteiger partial charge in [-0.25, -0.2) is 9.48 Å². The number of aryl methyl sites for hydroxylation is 1. The van der Waals surface area contributed by atoms with Crippen LogP contribution in [0.3, 0.4) is 0 Å². The van der Waals surface area contributed by atoms with Crippen molar-refractivity contribution in [2.45, 2.75) is 6.92 Å². The highest BCUT2D eigenvalue weighted by Crippen LogP contribution is 2.17. The summed E-state index contributed by atoms with van der Waals surface area (Å²) < 4.78 is 1.33. The van der Waals surface area contributed by atoms with E-state index in [0.29, 0.717) is 11.3 Å². The van der Waals surface area contributed by atoms with Crippen LogP contribution in [-0.2, 0) is 0 Å². The third kappa shape index (κ3) is 2.05. The maximum Gasteiger partial charge on any atom is 0.335 e. The average molecular weight is 247 g/mol. The predicted molar refractivity (Wildman–Crippen MR) is 61.9 cm³/mol. The number of carbonyl (C=O) groups is 1. The molecule has 1 heterocycles. The summed E-state index contributed by atoms with van der Waals surface area (Å²) in [6, 6.07) is 4.61. The van der Waals surface area contributed by atoms with E-state index in [0.717, 1.165) is 6.20 Å². The molecule has 1 aromatic heterocycles. The van der Waals surface area contributed by atoms with E-state index in [1.54, 1.807) is 19.1 Å². The monoisotopic (exact) mass is 247 g/mol. The summed E-state index contributed by atoms with van der Waals surface area (Å²) in [5.74, 6) is -1.01. The van der Waals surface area contributed by atoms with E-state index in [9.17, 15) is 14.9 Å². The number of aromatic carboxylic acids is 1. The van der Waals surface area contributed by atoms with Crippen molar-refractivity contribution in [2.24, 2.45) is 0 Å². The van der Waals surface area contributed by atoms with Crippen LogP contribution >= 0.6 is 0 Å². The van der Waals surface area contributed by atoms with E-state index < -0.39 is 10.9 Å². The molecule has 0 atom stereocenters. The molecular weight excluding hydrogens is 238 g/mol. The van der Waals surface area contributed by atoms with Crippen molar-refractivity contribution >= 4 is 11.7 Å². The first-order valence-corrected chi connectivity index (χ1v) is 5.02. The molecule has 0 amide bonds. The van der Waals surface area contributed by atoms with Gasteiger partial charge in [0, 0.05) is 0 Å².